The fourth-order valence-corrected chi connectivity index (χ4v) is 3.26. The van der Waals surface area contributed by atoms with E-state index in [9.17, 15) is 14.0 Å². The Hall–Kier alpha value is -2.40. The summed E-state index contributed by atoms with van der Waals surface area (Å²) in [4.78, 5) is 24.8. The Morgan fingerprint density at radius 3 is 2.35 bits per heavy atom. The highest BCUT2D eigenvalue weighted by molar-refractivity contribution is 6.34. The van der Waals surface area contributed by atoms with E-state index < -0.39 is 0 Å². The molecule has 2 amide bonds. The lowest BCUT2D eigenvalue weighted by molar-refractivity contribution is -0.120. The van der Waals surface area contributed by atoms with Crippen LogP contribution in [0.3, 0.4) is 0 Å². The second kappa shape index (κ2) is 8.32. The molecule has 0 spiro atoms. The molecule has 2 aromatic carbocycles. The fraction of sp³-hybridized carbons (Fsp3) is 0.300. The minimum atomic E-state index is -0.373. The van der Waals surface area contributed by atoms with Crippen LogP contribution in [0.5, 0.6) is 0 Å². The van der Waals surface area contributed by atoms with Gasteiger partial charge in [-0.15, -0.1) is 0 Å². The molecule has 136 valence electrons. The van der Waals surface area contributed by atoms with Gasteiger partial charge >= 0.3 is 0 Å². The zero-order chi connectivity index (χ0) is 18.5. The van der Waals surface area contributed by atoms with Gasteiger partial charge in [0.15, 0.2) is 0 Å². The lowest BCUT2D eigenvalue weighted by atomic mass is 9.88. The number of nitrogens with one attached hydrogen (secondary N) is 2. The minimum absolute atomic E-state index is 0.00323. The first-order chi connectivity index (χ1) is 12.5. The van der Waals surface area contributed by atoms with Gasteiger partial charge in [-0.2, -0.15) is 0 Å². The molecule has 0 aliphatic heterocycles. The van der Waals surface area contributed by atoms with Gasteiger partial charge < -0.3 is 10.6 Å². The summed E-state index contributed by atoms with van der Waals surface area (Å²) >= 11 is 6.17. The first-order valence-electron chi connectivity index (χ1n) is 8.70. The van der Waals surface area contributed by atoms with Crippen LogP contribution in [0.4, 0.5) is 15.8 Å². The number of hydrogen-bond donors (Lipinski definition) is 2. The summed E-state index contributed by atoms with van der Waals surface area (Å²) < 4.78 is 13.0. The maximum atomic E-state index is 13.0. The van der Waals surface area contributed by atoms with E-state index in [1.807, 2.05) is 0 Å². The normalized spacial score (nSPS) is 14.7. The third-order valence-corrected chi connectivity index (χ3v) is 4.89. The number of rotatable bonds is 4. The van der Waals surface area contributed by atoms with Crippen molar-refractivity contribution < 1.29 is 14.0 Å². The Labute approximate surface area is 156 Å². The van der Waals surface area contributed by atoms with Crippen molar-refractivity contribution >= 4 is 34.8 Å². The van der Waals surface area contributed by atoms with Crippen LogP contribution in [0, 0.1) is 11.7 Å². The first-order valence-corrected chi connectivity index (χ1v) is 9.08. The lowest BCUT2D eigenvalue weighted by Crippen LogP contribution is -2.25. The number of halogens is 2. The second-order valence-corrected chi connectivity index (χ2v) is 6.89. The molecule has 1 aliphatic carbocycles. The SMILES string of the molecule is O=C(Nc1ccc(F)cc1)c1ccc(Cl)c(NC(=O)C2CCCCC2)c1. The van der Waals surface area contributed by atoms with E-state index in [1.54, 1.807) is 18.2 Å². The fourth-order valence-electron chi connectivity index (χ4n) is 3.10. The number of carbonyl (C=O) groups excluding carboxylic acids is 2. The summed E-state index contributed by atoms with van der Waals surface area (Å²) in [7, 11) is 0. The second-order valence-electron chi connectivity index (χ2n) is 6.48. The van der Waals surface area contributed by atoms with Crippen molar-refractivity contribution in [2.45, 2.75) is 32.1 Å². The van der Waals surface area contributed by atoms with Crippen molar-refractivity contribution in [3.05, 3.63) is 58.9 Å². The van der Waals surface area contributed by atoms with Crippen molar-refractivity contribution in [3.63, 3.8) is 0 Å². The predicted octanol–water partition coefficient (Wildman–Crippen LogP) is 5.25. The molecule has 0 heterocycles. The lowest BCUT2D eigenvalue weighted by Gasteiger charge is -2.21. The molecule has 0 radical (unpaired) electrons. The Balaban J connectivity index is 1.71. The molecule has 3 rings (SSSR count). The molecule has 1 saturated carbocycles. The molecule has 1 fully saturated rings. The Kier molecular flexibility index (Phi) is 5.89. The Bertz CT molecular complexity index is 802. The summed E-state index contributed by atoms with van der Waals surface area (Å²) in [5.74, 6) is -0.789. The summed E-state index contributed by atoms with van der Waals surface area (Å²) in [6, 6.07) is 10.2. The standard InChI is InChI=1S/C20H20ClFN2O2/c21-17-11-6-14(20(26)23-16-9-7-15(22)8-10-16)12-18(17)24-19(25)13-4-2-1-3-5-13/h6-13H,1-5H2,(H,23,26)(H,24,25). The number of benzene rings is 2. The van der Waals surface area contributed by atoms with E-state index in [2.05, 4.69) is 10.6 Å². The van der Waals surface area contributed by atoms with Gasteiger partial charge in [0.1, 0.15) is 5.82 Å². The van der Waals surface area contributed by atoms with E-state index in [1.165, 1.54) is 30.7 Å². The number of anilines is 2. The van der Waals surface area contributed by atoms with Gasteiger partial charge in [0.25, 0.3) is 5.91 Å². The van der Waals surface area contributed by atoms with Crippen molar-refractivity contribution in [1.82, 2.24) is 0 Å². The Morgan fingerprint density at radius 1 is 0.962 bits per heavy atom. The Morgan fingerprint density at radius 2 is 1.65 bits per heavy atom. The molecule has 0 aromatic heterocycles. The molecule has 0 saturated heterocycles. The summed E-state index contributed by atoms with van der Waals surface area (Å²) in [5, 5.41) is 5.92. The van der Waals surface area contributed by atoms with Crippen LogP contribution in [0.15, 0.2) is 42.5 Å². The third-order valence-electron chi connectivity index (χ3n) is 4.56. The molecule has 0 bridgehead atoms. The molecular weight excluding hydrogens is 355 g/mol. The predicted molar refractivity (Wildman–Crippen MR) is 101 cm³/mol. The summed E-state index contributed by atoms with van der Waals surface area (Å²) in [6.45, 7) is 0. The van der Waals surface area contributed by atoms with Crippen LogP contribution in [-0.4, -0.2) is 11.8 Å². The molecule has 4 nitrogen and oxygen atoms in total. The van der Waals surface area contributed by atoms with Crippen LogP contribution >= 0.6 is 11.6 Å². The van der Waals surface area contributed by atoms with Gasteiger partial charge in [0.05, 0.1) is 10.7 Å². The van der Waals surface area contributed by atoms with E-state index in [0.717, 1.165) is 25.7 Å². The highest BCUT2D eigenvalue weighted by atomic mass is 35.5. The van der Waals surface area contributed by atoms with E-state index in [-0.39, 0.29) is 23.5 Å². The van der Waals surface area contributed by atoms with Gasteiger partial charge in [-0.3, -0.25) is 9.59 Å². The van der Waals surface area contributed by atoms with Crippen molar-refractivity contribution in [2.24, 2.45) is 5.92 Å². The van der Waals surface area contributed by atoms with Crippen LogP contribution in [-0.2, 0) is 4.79 Å². The molecule has 26 heavy (non-hydrogen) atoms. The van der Waals surface area contributed by atoms with Crippen LogP contribution < -0.4 is 10.6 Å². The van der Waals surface area contributed by atoms with Crippen molar-refractivity contribution in [1.29, 1.82) is 0 Å². The van der Waals surface area contributed by atoms with E-state index in [4.69, 9.17) is 11.6 Å². The average Bonchev–Trinajstić information content (AvgIpc) is 2.66. The zero-order valence-corrected chi connectivity index (χ0v) is 15.0. The molecule has 6 heteroatoms. The van der Waals surface area contributed by atoms with E-state index in [0.29, 0.717) is 22.0 Å². The highest BCUT2D eigenvalue weighted by Gasteiger charge is 2.22. The largest absolute Gasteiger partial charge is 0.325 e. The topological polar surface area (TPSA) is 58.2 Å². The monoisotopic (exact) mass is 374 g/mol. The van der Waals surface area contributed by atoms with Gasteiger partial charge in [-0.25, -0.2) is 4.39 Å². The summed E-state index contributed by atoms with van der Waals surface area (Å²) in [6.07, 6.45) is 5.06. The van der Waals surface area contributed by atoms with Gasteiger partial charge in [-0.05, 0) is 55.3 Å². The number of amides is 2. The maximum Gasteiger partial charge on any atom is 0.255 e. The number of carbonyl (C=O) groups is 2. The quantitative estimate of drug-likeness (QED) is 0.767. The minimum Gasteiger partial charge on any atom is -0.325 e. The van der Waals surface area contributed by atoms with Gasteiger partial charge in [-0.1, -0.05) is 30.9 Å². The maximum absolute atomic E-state index is 13.0. The van der Waals surface area contributed by atoms with Crippen LogP contribution in [0.1, 0.15) is 42.5 Å². The summed E-state index contributed by atoms with van der Waals surface area (Å²) in [5.41, 5.74) is 1.27. The molecule has 2 aromatic rings. The highest BCUT2D eigenvalue weighted by Crippen LogP contribution is 2.28. The molecule has 0 unspecified atom stereocenters. The van der Waals surface area contributed by atoms with Gasteiger partial charge in [0.2, 0.25) is 5.91 Å². The molecule has 2 N–H and O–H groups in total. The van der Waals surface area contributed by atoms with Crippen molar-refractivity contribution in [2.75, 3.05) is 10.6 Å². The zero-order valence-electron chi connectivity index (χ0n) is 14.2. The molecule has 1 aliphatic rings. The van der Waals surface area contributed by atoms with Crippen LogP contribution in [0.25, 0.3) is 0 Å². The van der Waals surface area contributed by atoms with Crippen molar-refractivity contribution in [3.8, 4) is 0 Å². The molecule has 0 atom stereocenters. The van der Waals surface area contributed by atoms with E-state index >= 15 is 0 Å². The van der Waals surface area contributed by atoms with Gasteiger partial charge in [0, 0.05) is 17.2 Å². The smallest absolute Gasteiger partial charge is 0.255 e. The number of hydrogen-bond acceptors (Lipinski definition) is 2. The van der Waals surface area contributed by atoms with Crippen LogP contribution in [0.2, 0.25) is 5.02 Å². The molecular formula is C20H20ClFN2O2. The average molecular weight is 375 g/mol. The third kappa shape index (κ3) is 4.61. The first kappa shape index (κ1) is 18.4.